The van der Waals surface area contributed by atoms with E-state index in [0.29, 0.717) is 0 Å². The number of nitrogens with two attached hydrogens (primary N) is 1. The monoisotopic (exact) mass is 187 g/mol. The molecule has 2 rings (SSSR count). The number of hydrogen-bond acceptors (Lipinski definition) is 4. The lowest BCUT2D eigenvalue weighted by Gasteiger charge is -2.21. The third-order valence-electron chi connectivity index (χ3n) is 2.86. The first kappa shape index (κ1) is 9.40. The summed E-state index contributed by atoms with van der Waals surface area (Å²) in [5, 5.41) is 9.11. The molecule has 0 bridgehead atoms. The number of rotatable bonds is 1. The van der Waals surface area contributed by atoms with E-state index in [4.69, 9.17) is 20.3 Å². The average Bonchev–Trinajstić information content (AvgIpc) is 2.47. The first-order chi connectivity index (χ1) is 6.03. The summed E-state index contributed by atoms with van der Waals surface area (Å²) in [6.07, 6.45) is 0.740. The largest absolute Gasteiger partial charge is 0.396 e. The molecule has 1 aliphatic heterocycles. The molecule has 0 radical (unpaired) electrons. The van der Waals surface area contributed by atoms with Crippen molar-refractivity contribution in [2.75, 3.05) is 6.61 Å². The molecule has 4 atom stereocenters. The van der Waals surface area contributed by atoms with Crippen molar-refractivity contribution in [1.29, 1.82) is 0 Å². The van der Waals surface area contributed by atoms with Gasteiger partial charge in [0.1, 0.15) is 6.10 Å². The Morgan fingerprint density at radius 2 is 2.00 bits per heavy atom. The lowest BCUT2D eigenvalue weighted by atomic mass is 10.1. The number of aliphatic hydroxyl groups excluding tert-OH is 1. The molecule has 76 valence electrons. The first-order valence-corrected chi connectivity index (χ1v) is 4.75. The molecule has 0 aromatic carbocycles. The Morgan fingerprint density at radius 3 is 2.62 bits per heavy atom. The van der Waals surface area contributed by atoms with Crippen LogP contribution in [-0.2, 0) is 9.47 Å². The van der Waals surface area contributed by atoms with Crippen molar-refractivity contribution < 1.29 is 14.6 Å². The van der Waals surface area contributed by atoms with E-state index >= 15 is 0 Å². The lowest BCUT2D eigenvalue weighted by Crippen LogP contribution is -2.34. The second-order valence-corrected chi connectivity index (χ2v) is 4.41. The normalized spacial score (nSPS) is 48.0. The van der Waals surface area contributed by atoms with Gasteiger partial charge in [-0.1, -0.05) is 0 Å². The second kappa shape index (κ2) is 2.92. The predicted molar refractivity (Wildman–Crippen MR) is 47.0 cm³/mol. The van der Waals surface area contributed by atoms with Gasteiger partial charge < -0.3 is 20.3 Å². The SMILES string of the molecule is CC1(C)O[C@@H]2[C@@H](CO)C[C@@H](N)[C@@H]2O1. The highest BCUT2D eigenvalue weighted by molar-refractivity contribution is 4.99. The minimum atomic E-state index is -0.541. The molecule has 1 heterocycles. The van der Waals surface area contributed by atoms with E-state index in [1.165, 1.54) is 0 Å². The van der Waals surface area contributed by atoms with Gasteiger partial charge in [0, 0.05) is 18.6 Å². The van der Waals surface area contributed by atoms with E-state index < -0.39 is 5.79 Å². The van der Waals surface area contributed by atoms with E-state index in [0.717, 1.165) is 6.42 Å². The van der Waals surface area contributed by atoms with Crippen molar-refractivity contribution in [3.05, 3.63) is 0 Å². The summed E-state index contributed by atoms with van der Waals surface area (Å²) in [4.78, 5) is 0. The fraction of sp³-hybridized carbons (Fsp3) is 1.00. The van der Waals surface area contributed by atoms with E-state index in [1.807, 2.05) is 13.8 Å². The molecule has 1 aliphatic carbocycles. The number of ether oxygens (including phenoxy) is 2. The van der Waals surface area contributed by atoms with E-state index in [-0.39, 0.29) is 30.8 Å². The van der Waals surface area contributed by atoms with Gasteiger partial charge in [-0.15, -0.1) is 0 Å². The molecule has 4 nitrogen and oxygen atoms in total. The molecule has 1 saturated heterocycles. The summed E-state index contributed by atoms with van der Waals surface area (Å²) in [5.41, 5.74) is 5.89. The highest BCUT2D eigenvalue weighted by Gasteiger charge is 2.52. The minimum absolute atomic E-state index is 0.00363. The number of aliphatic hydroxyl groups is 1. The van der Waals surface area contributed by atoms with Gasteiger partial charge in [-0.2, -0.15) is 0 Å². The van der Waals surface area contributed by atoms with Crippen LogP contribution >= 0.6 is 0 Å². The van der Waals surface area contributed by atoms with E-state index in [9.17, 15) is 0 Å². The summed E-state index contributed by atoms with van der Waals surface area (Å²) in [6, 6.07) is 0.00363. The Kier molecular flexibility index (Phi) is 2.11. The summed E-state index contributed by atoms with van der Waals surface area (Å²) in [5.74, 6) is -0.400. The van der Waals surface area contributed by atoms with Gasteiger partial charge in [-0.05, 0) is 20.3 Å². The van der Waals surface area contributed by atoms with Gasteiger partial charge >= 0.3 is 0 Å². The highest BCUT2D eigenvalue weighted by atomic mass is 16.8. The fourth-order valence-electron chi connectivity index (χ4n) is 2.31. The molecule has 0 aromatic rings. The molecule has 3 N–H and O–H groups in total. The summed E-state index contributed by atoms with van der Waals surface area (Å²) in [6.45, 7) is 3.90. The molecular weight excluding hydrogens is 170 g/mol. The second-order valence-electron chi connectivity index (χ2n) is 4.41. The zero-order valence-corrected chi connectivity index (χ0v) is 8.06. The first-order valence-electron chi connectivity index (χ1n) is 4.75. The maximum Gasteiger partial charge on any atom is 0.163 e. The van der Waals surface area contributed by atoms with Gasteiger partial charge in [-0.25, -0.2) is 0 Å². The molecule has 2 aliphatic rings. The quantitative estimate of drug-likeness (QED) is 0.599. The fourth-order valence-corrected chi connectivity index (χ4v) is 2.31. The molecular formula is C9H17NO3. The Labute approximate surface area is 78.0 Å². The zero-order valence-electron chi connectivity index (χ0n) is 8.06. The molecule has 4 heteroatoms. The highest BCUT2D eigenvalue weighted by Crippen LogP contribution is 2.40. The molecule has 1 saturated carbocycles. The Bertz CT molecular complexity index is 207. The van der Waals surface area contributed by atoms with Crippen LogP contribution in [0.4, 0.5) is 0 Å². The van der Waals surface area contributed by atoms with Crippen molar-refractivity contribution in [2.45, 2.75) is 44.3 Å². The Balaban J connectivity index is 2.12. The molecule has 0 amide bonds. The Hall–Kier alpha value is -0.160. The maximum atomic E-state index is 9.11. The smallest absolute Gasteiger partial charge is 0.163 e. The number of hydrogen-bond donors (Lipinski definition) is 2. The van der Waals surface area contributed by atoms with Crippen LogP contribution in [0.15, 0.2) is 0 Å². The molecule has 13 heavy (non-hydrogen) atoms. The molecule has 0 unspecified atom stereocenters. The molecule has 0 aromatic heterocycles. The van der Waals surface area contributed by atoms with Crippen molar-refractivity contribution in [2.24, 2.45) is 11.7 Å². The van der Waals surface area contributed by atoms with Gasteiger partial charge in [0.15, 0.2) is 5.79 Å². The van der Waals surface area contributed by atoms with Gasteiger partial charge in [0.25, 0.3) is 0 Å². The van der Waals surface area contributed by atoms with Crippen LogP contribution in [0, 0.1) is 5.92 Å². The maximum absolute atomic E-state index is 9.11. The Morgan fingerprint density at radius 1 is 1.38 bits per heavy atom. The van der Waals surface area contributed by atoms with E-state index in [1.54, 1.807) is 0 Å². The van der Waals surface area contributed by atoms with Crippen molar-refractivity contribution >= 4 is 0 Å². The van der Waals surface area contributed by atoms with Crippen LogP contribution in [0.3, 0.4) is 0 Å². The minimum Gasteiger partial charge on any atom is -0.396 e. The van der Waals surface area contributed by atoms with Gasteiger partial charge in [0.2, 0.25) is 0 Å². The summed E-state index contributed by atoms with van der Waals surface area (Å²) in [7, 11) is 0. The van der Waals surface area contributed by atoms with Crippen LogP contribution in [0.5, 0.6) is 0 Å². The third-order valence-corrected chi connectivity index (χ3v) is 2.86. The van der Waals surface area contributed by atoms with E-state index in [2.05, 4.69) is 0 Å². The zero-order chi connectivity index (χ0) is 9.64. The van der Waals surface area contributed by atoms with Crippen LogP contribution in [0.25, 0.3) is 0 Å². The molecule has 2 fully saturated rings. The van der Waals surface area contributed by atoms with Crippen LogP contribution in [-0.4, -0.2) is 35.8 Å². The summed E-state index contributed by atoms with van der Waals surface area (Å²) < 4.78 is 11.3. The van der Waals surface area contributed by atoms with Crippen molar-refractivity contribution in [1.82, 2.24) is 0 Å². The summed E-state index contributed by atoms with van der Waals surface area (Å²) >= 11 is 0. The van der Waals surface area contributed by atoms with Crippen LogP contribution < -0.4 is 5.73 Å². The van der Waals surface area contributed by atoms with Gasteiger partial charge in [-0.3, -0.25) is 0 Å². The van der Waals surface area contributed by atoms with Crippen molar-refractivity contribution in [3.8, 4) is 0 Å². The topological polar surface area (TPSA) is 64.7 Å². The lowest BCUT2D eigenvalue weighted by molar-refractivity contribution is -0.159. The third kappa shape index (κ3) is 1.48. The average molecular weight is 187 g/mol. The van der Waals surface area contributed by atoms with Gasteiger partial charge in [0.05, 0.1) is 6.10 Å². The number of fused-ring (bicyclic) bond motifs is 1. The predicted octanol–water partition coefficient (Wildman–Crippen LogP) is -0.154. The standard InChI is InChI=1S/C9H17NO3/c1-9(2)12-7-5(4-11)3-6(10)8(7)13-9/h5-8,11H,3-4,10H2,1-2H3/t5-,6-,7-,8+/m1/s1. The van der Waals surface area contributed by atoms with Crippen LogP contribution in [0.1, 0.15) is 20.3 Å². The molecule has 0 spiro atoms. The van der Waals surface area contributed by atoms with Crippen LogP contribution in [0.2, 0.25) is 0 Å². The van der Waals surface area contributed by atoms with Crippen molar-refractivity contribution in [3.63, 3.8) is 0 Å².